The minimum absolute atomic E-state index is 0.160. The number of nitrogens with zero attached hydrogens (tertiary/aromatic N) is 5. The number of morpholine rings is 1. The molecule has 2 aromatic carbocycles. The van der Waals surface area contributed by atoms with E-state index in [1.807, 2.05) is 35.2 Å². The fraction of sp³-hybridized carbons (Fsp3) is 0.160. The van der Waals surface area contributed by atoms with Crippen LogP contribution >= 0.6 is 0 Å². The van der Waals surface area contributed by atoms with Crippen LogP contribution in [0.4, 0.5) is 23.5 Å². The quantitative estimate of drug-likeness (QED) is 0.249. The second-order valence-corrected chi connectivity index (χ2v) is 7.80. The summed E-state index contributed by atoms with van der Waals surface area (Å²) in [5.41, 5.74) is 4.32. The predicted molar refractivity (Wildman–Crippen MR) is 135 cm³/mol. The van der Waals surface area contributed by atoms with Crippen molar-refractivity contribution in [1.29, 1.82) is 0 Å². The number of ether oxygens (including phenoxy) is 1. The van der Waals surface area contributed by atoms with Gasteiger partial charge in [-0.05, 0) is 30.3 Å². The number of benzene rings is 2. The van der Waals surface area contributed by atoms with E-state index in [-0.39, 0.29) is 11.5 Å². The second kappa shape index (κ2) is 10.7. The van der Waals surface area contributed by atoms with Gasteiger partial charge in [0.05, 0.1) is 25.0 Å². The number of para-hydroxylation sites is 1. The number of nitrogens with one attached hydrogen (secondary N) is 2. The van der Waals surface area contributed by atoms with Crippen molar-refractivity contribution in [2.24, 2.45) is 5.10 Å². The van der Waals surface area contributed by atoms with Crippen LogP contribution in [0.25, 0.3) is 11.3 Å². The average molecular weight is 486 g/mol. The van der Waals surface area contributed by atoms with E-state index in [0.29, 0.717) is 55.3 Å². The average Bonchev–Trinajstić information content (AvgIpc) is 3.38. The zero-order chi connectivity index (χ0) is 24.7. The molecule has 3 heterocycles. The summed E-state index contributed by atoms with van der Waals surface area (Å²) in [7, 11) is 0. The smallest absolute Gasteiger partial charge is 0.336 e. The van der Waals surface area contributed by atoms with Gasteiger partial charge >= 0.3 is 5.97 Å². The Hall–Kier alpha value is -4.77. The van der Waals surface area contributed by atoms with Gasteiger partial charge in [-0.2, -0.15) is 20.1 Å². The Morgan fingerprint density at radius 3 is 2.50 bits per heavy atom. The molecule has 3 N–H and O–H groups in total. The van der Waals surface area contributed by atoms with Crippen molar-refractivity contribution < 1.29 is 19.1 Å². The van der Waals surface area contributed by atoms with Gasteiger partial charge in [0, 0.05) is 24.3 Å². The highest BCUT2D eigenvalue weighted by molar-refractivity contribution is 5.95. The summed E-state index contributed by atoms with van der Waals surface area (Å²) in [5, 5.41) is 16.8. The van der Waals surface area contributed by atoms with Crippen LogP contribution < -0.4 is 15.6 Å². The lowest BCUT2D eigenvalue weighted by Gasteiger charge is -2.27. The van der Waals surface area contributed by atoms with E-state index in [0.717, 1.165) is 5.69 Å². The fourth-order valence-corrected chi connectivity index (χ4v) is 3.63. The van der Waals surface area contributed by atoms with Crippen LogP contribution in [0, 0.1) is 0 Å². The molecule has 0 atom stereocenters. The molecule has 0 spiro atoms. The lowest BCUT2D eigenvalue weighted by molar-refractivity contribution is 0.0697. The molecule has 1 aliphatic heterocycles. The molecular weight excluding hydrogens is 462 g/mol. The van der Waals surface area contributed by atoms with Crippen LogP contribution in [0.5, 0.6) is 0 Å². The van der Waals surface area contributed by atoms with Gasteiger partial charge in [-0.3, -0.25) is 0 Å². The maximum absolute atomic E-state index is 11.5. The molecule has 0 amide bonds. The Labute approximate surface area is 206 Å². The number of furan rings is 1. The van der Waals surface area contributed by atoms with Gasteiger partial charge in [-0.15, -0.1) is 0 Å². The number of carbonyl (C=O) groups is 1. The van der Waals surface area contributed by atoms with E-state index in [1.54, 1.807) is 30.3 Å². The molecular formula is C25H23N7O4. The molecule has 0 aliphatic carbocycles. The zero-order valence-corrected chi connectivity index (χ0v) is 19.2. The van der Waals surface area contributed by atoms with Gasteiger partial charge in [-0.1, -0.05) is 36.4 Å². The molecule has 11 heteroatoms. The summed E-state index contributed by atoms with van der Waals surface area (Å²) in [5.74, 6) is 0.978. The summed E-state index contributed by atoms with van der Waals surface area (Å²) < 4.78 is 11.2. The molecule has 11 nitrogen and oxygen atoms in total. The largest absolute Gasteiger partial charge is 0.478 e. The molecule has 2 aromatic heterocycles. The third-order valence-corrected chi connectivity index (χ3v) is 5.35. The Morgan fingerprint density at radius 1 is 0.944 bits per heavy atom. The third kappa shape index (κ3) is 5.47. The fourth-order valence-electron chi connectivity index (χ4n) is 3.63. The van der Waals surface area contributed by atoms with Gasteiger partial charge in [0.2, 0.25) is 17.8 Å². The van der Waals surface area contributed by atoms with E-state index in [4.69, 9.17) is 9.15 Å². The van der Waals surface area contributed by atoms with Crippen LogP contribution in [0.3, 0.4) is 0 Å². The Morgan fingerprint density at radius 2 is 1.69 bits per heavy atom. The lowest BCUT2D eigenvalue weighted by atomic mass is 10.1. The Kier molecular flexibility index (Phi) is 6.81. The molecule has 36 heavy (non-hydrogen) atoms. The first kappa shape index (κ1) is 23.0. The maximum atomic E-state index is 11.5. The second-order valence-electron chi connectivity index (χ2n) is 7.80. The predicted octanol–water partition coefficient (Wildman–Crippen LogP) is 3.86. The molecule has 0 saturated carbocycles. The van der Waals surface area contributed by atoms with E-state index < -0.39 is 5.97 Å². The van der Waals surface area contributed by atoms with E-state index >= 15 is 0 Å². The van der Waals surface area contributed by atoms with Crippen molar-refractivity contribution in [3.05, 3.63) is 78.1 Å². The monoisotopic (exact) mass is 485 g/mol. The van der Waals surface area contributed by atoms with Crippen molar-refractivity contribution >= 4 is 35.7 Å². The SMILES string of the molecule is O=C(O)c1ccccc1-c1ccc(C=NNc2nc(Nc3ccccc3)nc(N3CCOCC3)n2)o1. The molecule has 5 rings (SSSR count). The van der Waals surface area contributed by atoms with Gasteiger partial charge in [0.1, 0.15) is 11.5 Å². The first-order chi connectivity index (χ1) is 17.7. The molecule has 1 fully saturated rings. The summed E-state index contributed by atoms with van der Waals surface area (Å²) in [6, 6.07) is 19.7. The Bertz CT molecular complexity index is 1370. The first-order valence-electron chi connectivity index (χ1n) is 11.3. The minimum atomic E-state index is -1.02. The number of aromatic nitrogens is 3. The molecule has 182 valence electrons. The molecule has 1 saturated heterocycles. The number of hydrogen-bond donors (Lipinski definition) is 3. The molecule has 0 unspecified atom stereocenters. The summed E-state index contributed by atoms with van der Waals surface area (Å²) in [6.45, 7) is 2.54. The van der Waals surface area contributed by atoms with Crippen LogP contribution in [-0.2, 0) is 4.74 Å². The number of rotatable bonds is 8. The van der Waals surface area contributed by atoms with Crippen LogP contribution in [0.15, 0.2) is 76.2 Å². The first-order valence-corrected chi connectivity index (χ1v) is 11.3. The van der Waals surface area contributed by atoms with Crippen LogP contribution in [0.1, 0.15) is 16.1 Å². The highest BCUT2D eigenvalue weighted by Crippen LogP contribution is 2.25. The van der Waals surface area contributed by atoms with Crippen molar-refractivity contribution in [1.82, 2.24) is 15.0 Å². The van der Waals surface area contributed by atoms with E-state index in [9.17, 15) is 9.90 Å². The van der Waals surface area contributed by atoms with E-state index in [2.05, 4.69) is 30.8 Å². The normalized spacial score (nSPS) is 13.6. The van der Waals surface area contributed by atoms with Gasteiger partial charge in [-0.25, -0.2) is 10.2 Å². The summed E-state index contributed by atoms with van der Waals surface area (Å²) in [6.07, 6.45) is 1.47. The van der Waals surface area contributed by atoms with Gasteiger partial charge in [0.15, 0.2) is 0 Å². The third-order valence-electron chi connectivity index (χ3n) is 5.35. The summed E-state index contributed by atoms with van der Waals surface area (Å²) in [4.78, 5) is 27.0. The number of anilines is 4. The number of carboxylic acid groups (broad SMARTS) is 1. The lowest BCUT2D eigenvalue weighted by Crippen LogP contribution is -2.37. The van der Waals surface area contributed by atoms with Crippen molar-refractivity contribution in [2.45, 2.75) is 0 Å². The number of aromatic carboxylic acids is 1. The van der Waals surface area contributed by atoms with Crippen molar-refractivity contribution in [3.8, 4) is 11.3 Å². The number of hydrazone groups is 1. The Balaban J connectivity index is 1.35. The topological polar surface area (TPSA) is 138 Å². The number of carboxylic acids is 1. The van der Waals surface area contributed by atoms with Crippen LogP contribution in [-0.4, -0.2) is 58.5 Å². The molecule has 0 bridgehead atoms. The molecule has 4 aromatic rings. The number of hydrogen-bond acceptors (Lipinski definition) is 10. The summed E-state index contributed by atoms with van der Waals surface area (Å²) >= 11 is 0. The maximum Gasteiger partial charge on any atom is 0.336 e. The highest BCUT2D eigenvalue weighted by atomic mass is 16.5. The van der Waals surface area contributed by atoms with Gasteiger partial charge in [0.25, 0.3) is 0 Å². The van der Waals surface area contributed by atoms with Crippen molar-refractivity contribution in [3.63, 3.8) is 0 Å². The van der Waals surface area contributed by atoms with Gasteiger partial charge < -0.3 is 24.5 Å². The van der Waals surface area contributed by atoms with Crippen molar-refractivity contribution in [2.75, 3.05) is 41.9 Å². The zero-order valence-electron chi connectivity index (χ0n) is 19.2. The van der Waals surface area contributed by atoms with Crippen LogP contribution in [0.2, 0.25) is 0 Å². The molecule has 1 aliphatic rings. The molecule has 0 radical (unpaired) electrons. The van der Waals surface area contributed by atoms with E-state index in [1.165, 1.54) is 12.3 Å². The minimum Gasteiger partial charge on any atom is -0.478 e. The standard InChI is InChI=1S/C25H23N7O4/c33-22(34)20-9-5-4-8-19(20)21-11-10-18(36-21)16-26-31-24-28-23(27-17-6-2-1-3-7-17)29-25(30-24)32-12-14-35-15-13-32/h1-11,16H,12-15H2,(H,33,34)(H2,27,28,29,30,31). The highest BCUT2D eigenvalue weighted by Gasteiger charge is 2.17.